The summed E-state index contributed by atoms with van der Waals surface area (Å²) in [7, 11) is 1.60. The monoisotopic (exact) mass is 298 g/mol. The molecule has 0 unspecified atom stereocenters. The fourth-order valence-corrected chi connectivity index (χ4v) is 2.49. The maximum Gasteiger partial charge on any atom is 0.337 e. The number of carbonyl (C=O) groups is 2. The molecule has 1 aromatic carbocycles. The van der Waals surface area contributed by atoms with Gasteiger partial charge >= 0.3 is 12.0 Å². The van der Waals surface area contributed by atoms with Crippen molar-refractivity contribution in [2.75, 3.05) is 12.4 Å². The molecule has 2 rings (SSSR count). The predicted octanol–water partition coefficient (Wildman–Crippen LogP) is 3.07. The standard InChI is InChI=1S/C14H16F2N2O3/c1-18(8-4-2-3-5-8)14(21)17-12-7-11(16)10(15)6-9(12)13(19)20/h6-8H,2-5H2,1H3,(H,17,21)(H,19,20). The van der Waals surface area contributed by atoms with Crippen LogP contribution in [0.1, 0.15) is 36.0 Å². The number of carboxylic acids is 1. The Balaban J connectivity index is 2.20. The third-order valence-electron chi connectivity index (χ3n) is 3.73. The normalized spacial score (nSPS) is 15.0. The molecule has 0 saturated heterocycles. The number of aromatic carboxylic acids is 1. The van der Waals surface area contributed by atoms with Gasteiger partial charge < -0.3 is 15.3 Å². The molecule has 1 aliphatic rings. The van der Waals surface area contributed by atoms with E-state index in [9.17, 15) is 18.4 Å². The van der Waals surface area contributed by atoms with E-state index in [1.165, 1.54) is 4.90 Å². The highest BCUT2D eigenvalue weighted by molar-refractivity contribution is 6.00. The third kappa shape index (κ3) is 3.29. The Morgan fingerprint density at radius 1 is 1.24 bits per heavy atom. The van der Waals surface area contributed by atoms with Gasteiger partial charge in [0.25, 0.3) is 0 Å². The van der Waals surface area contributed by atoms with Crippen LogP contribution in [0.15, 0.2) is 12.1 Å². The van der Waals surface area contributed by atoms with Crippen LogP contribution in [0.25, 0.3) is 0 Å². The lowest BCUT2D eigenvalue weighted by Gasteiger charge is -2.25. The molecule has 0 aliphatic heterocycles. The summed E-state index contributed by atoms with van der Waals surface area (Å²) in [6.45, 7) is 0. The minimum Gasteiger partial charge on any atom is -0.478 e. The Hall–Kier alpha value is -2.18. The number of benzene rings is 1. The molecule has 5 nitrogen and oxygen atoms in total. The van der Waals surface area contributed by atoms with Gasteiger partial charge in [0, 0.05) is 19.2 Å². The van der Waals surface area contributed by atoms with Crippen LogP contribution in [0.4, 0.5) is 19.3 Å². The smallest absolute Gasteiger partial charge is 0.337 e. The second kappa shape index (κ2) is 6.07. The molecule has 0 radical (unpaired) electrons. The molecule has 7 heteroatoms. The number of carboxylic acid groups (broad SMARTS) is 1. The highest BCUT2D eigenvalue weighted by atomic mass is 19.2. The van der Waals surface area contributed by atoms with Gasteiger partial charge in [0.15, 0.2) is 11.6 Å². The summed E-state index contributed by atoms with van der Waals surface area (Å²) in [5.41, 5.74) is -0.738. The van der Waals surface area contributed by atoms with Crippen LogP contribution >= 0.6 is 0 Å². The van der Waals surface area contributed by atoms with Gasteiger partial charge in [-0.15, -0.1) is 0 Å². The molecule has 114 valence electrons. The zero-order chi connectivity index (χ0) is 15.6. The number of halogens is 2. The second-order valence-corrected chi connectivity index (χ2v) is 5.10. The van der Waals surface area contributed by atoms with Gasteiger partial charge in [-0.3, -0.25) is 0 Å². The lowest BCUT2D eigenvalue weighted by atomic mass is 10.1. The van der Waals surface area contributed by atoms with E-state index in [0.29, 0.717) is 12.1 Å². The van der Waals surface area contributed by atoms with Crippen LogP contribution in [-0.2, 0) is 0 Å². The van der Waals surface area contributed by atoms with E-state index >= 15 is 0 Å². The van der Waals surface area contributed by atoms with E-state index in [0.717, 1.165) is 25.7 Å². The minimum absolute atomic E-state index is 0.0866. The van der Waals surface area contributed by atoms with E-state index in [4.69, 9.17) is 5.11 Å². The summed E-state index contributed by atoms with van der Waals surface area (Å²) in [5.74, 6) is -3.92. The molecule has 0 aromatic heterocycles. The number of anilines is 1. The summed E-state index contributed by atoms with van der Waals surface area (Å²) in [6.07, 6.45) is 3.84. The van der Waals surface area contributed by atoms with Crippen molar-refractivity contribution in [1.82, 2.24) is 4.90 Å². The van der Waals surface area contributed by atoms with Gasteiger partial charge in [-0.05, 0) is 18.9 Å². The van der Waals surface area contributed by atoms with Crippen molar-refractivity contribution in [3.05, 3.63) is 29.3 Å². The second-order valence-electron chi connectivity index (χ2n) is 5.10. The molecule has 0 atom stereocenters. The van der Waals surface area contributed by atoms with Gasteiger partial charge in [0.1, 0.15) is 0 Å². The van der Waals surface area contributed by atoms with Crippen LogP contribution in [0.5, 0.6) is 0 Å². The highest BCUT2D eigenvalue weighted by Crippen LogP contribution is 2.24. The third-order valence-corrected chi connectivity index (χ3v) is 3.73. The van der Waals surface area contributed by atoms with Gasteiger partial charge in [0.05, 0.1) is 11.3 Å². The van der Waals surface area contributed by atoms with Crippen LogP contribution in [-0.4, -0.2) is 35.1 Å². The first-order chi connectivity index (χ1) is 9.90. The molecule has 0 bridgehead atoms. The van der Waals surface area contributed by atoms with E-state index in [-0.39, 0.29) is 11.7 Å². The largest absolute Gasteiger partial charge is 0.478 e. The summed E-state index contributed by atoms with van der Waals surface area (Å²) in [4.78, 5) is 24.6. The fourth-order valence-electron chi connectivity index (χ4n) is 2.49. The number of carbonyl (C=O) groups excluding carboxylic acids is 1. The van der Waals surface area contributed by atoms with Crippen molar-refractivity contribution in [2.45, 2.75) is 31.7 Å². The number of nitrogens with one attached hydrogen (secondary N) is 1. The first-order valence-electron chi connectivity index (χ1n) is 6.66. The van der Waals surface area contributed by atoms with Gasteiger partial charge in [-0.1, -0.05) is 12.8 Å². The zero-order valence-corrected chi connectivity index (χ0v) is 11.5. The Kier molecular flexibility index (Phi) is 4.40. The molecular weight excluding hydrogens is 282 g/mol. The molecule has 21 heavy (non-hydrogen) atoms. The number of rotatable bonds is 3. The van der Waals surface area contributed by atoms with E-state index in [2.05, 4.69) is 5.32 Å². The van der Waals surface area contributed by atoms with Crippen molar-refractivity contribution in [3.63, 3.8) is 0 Å². The lowest BCUT2D eigenvalue weighted by molar-refractivity contribution is 0.0697. The molecule has 1 aliphatic carbocycles. The quantitative estimate of drug-likeness (QED) is 0.901. The maximum atomic E-state index is 13.2. The molecule has 0 spiro atoms. The first-order valence-corrected chi connectivity index (χ1v) is 6.66. The summed E-state index contributed by atoms with van der Waals surface area (Å²) in [6, 6.07) is 0.793. The predicted molar refractivity (Wildman–Crippen MR) is 72.4 cm³/mol. The number of hydrogen-bond donors (Lipinski definition) is 2. The summed E-state index contributed by atoms with van der Waals surface area (Å²) in [5, 5.41) is 11.3. The van der Waals surface area contributed by atoms with E-state index in [1.807, 2.05) is 0 Å². The minimum atomic E-state index is -1.44. The van der Waals surface area contributed by atoms with Gasteiger partial charge in [-0.2, -0.15) is 0 Å². The van der Waals surface area contributed by atoms with E-state index in [1.54, 1.807) is 7.05 Å². The summed E-state index contributed by atoms with van der Waals surface area (Å²) >= 11 is 0. The molecule has 1 aromatic rings. The lowest BCUT2D eigenvalue weighted by Crippen LogP contribution is -2.38. The van der Waals surface area contributed by atoms with Crippen LogP contribution in [0.2, 0.25) is 0 Å². The number of nitrogens with zero attached hydrogens (tertiary/aromatic N) is 1. The summed E-state index contributed by atoms with van der Waals surface area (Å²) < 4.78 is 26.3. The Morgan fingerprint density at radius 3 is 2.38 bits per heavy atom. The van der Waals surface area contributed by atoms with Gasteiger partial charge in [0.2, 0.25) is 0 Å². The Bertz CT molecular complexity index is 572. The van der Waals surface area contributed by atoms with Crippen molar-refractivity contribution >= 4 is 17.7 Å². The Morgan fingerprint density at radius 2 is 1.81 bits per heavy atom. The van der Waals surface area contributed by atoms with Crippen LogP contribution < -0.4 is 5.32 Å². The fraction of sp³-hybridized carbons (Fsp3) is 0.429. The van der Waals surface area contributed by atoms with Crippen LogP contribution in [0, 0.1) is 11.6 Å². The molecule has 2 amide bonds. The first kappa shape index (κ1) is 15.2. The molecular formula is C14H16F2N2O3. The molecule has 0 heterocycles. The van der Waals surface area contributed by atoms with Crippen molar-refractivity contribution in [2.24, 2.45) is 0 Å². The number of amides is 2. The molecule has 1 saturated carbocycles. The molecule has 1 fully saturated rings. The Labute approximate surface area is 120 Å². The zero-order valence-electron chi connectivity index (χ0n) is 11.5. The van der Waals surface area contributed by atoms with Crippen molar-refractivity contribution < 1.29 is 23.5 Å². The maximum absolute atomic E-state index is 13.2. The van der Waals surface area contributed by atoms with E-state index < -0.39 is 29.2 Å². The van der Waals surface area contributed by atoms with Crippen LogP contribution in [0.3, 0.4) is 0 Å². The van der Waals surface area contributed by atoms with Crippen molar-refractivity contribution in [3.8, 4) is 0 Å². The average molecular weight is 298 g/mol. The van der Waals surface area contributed by atoms with Gasteiger partial charge in [-0.25, -0.2) is 18.4 Å². The number of urea groups is 1. The SMILES string of the molecule is CN(C(=O)Nc1cc(F)c(F)cc1C(=O)O)C1CCCC1. The average Bonchev–Trinajstić information content (AvgIpc) is 2.95. The number of hydrogen-bond acceptors (Lipinski definition) is 2. The topological polar surface area (TPSA) is 69.6 Å². The highest BCUT2D eigenvalue weighted by Gasteiger charge is 2.25. The molecule has 2 N–H and O–H groups in total. The van der Waals surface area contributed by atoms with Crippen molar-refractivity contribution in [1.29, 1.82) is 0 Å².